The van der Waals surface area contributed by atoms with Crippen LogP contribution in [0.4, 0.5) is 5.82 Å². The summed E-state index contributed by atoms with van der Waals surface area (Å²) in [4.78, 5) is 16.9. The summed E-state index contributed by atoms with van der Waals surface area (Å²) in [5, 5.41) is 12.5. The van der Waals surface area contributed by atoms with Crippen LogP contribution in [0.2, 0.25) is 5.02 Å². The van der Waals surface area contributed by atoms with Gasteiger partial charge >= 0.3 is 0 Å². The fourth-order valence-electron chi connectivity index (χ4n) is 3.44. The summed E-state index contributed by atoms with van der Waals surface area (Å²) in [5.41, 5.74) is 3.31. The molecule has 0 saturated carbocycles. The van der Waals surface area contributed by atoms with Gasteiger partial charge < -0.3 is 5.32 Å². The van der Waals surface area contributed by atoms with Crippen molar-refractivity contribution in [3.8, 4) is 0 Å². The highest BCUT2D eigenvalue weighted by molar-refractivity contribution is 6.31. The van der Waals surface area contributed by atoms with Crippen molar-refractivity contribution >= 4 is 39.9 Å². The third-order valence-corrected chi connectivity index (χ3v) is 5.15. The average Bonchev–Trinajstić information content (AvgIpc) is 3.12. The lowest BCUT2D eigenvalue weighted by Crippen LogP contribution is -2.07. The lowest BCUT2D eigenvalue weighted by Gasteiger charge is -2.09. The standard InChI is InChI=1S/C22H22ClN5O/c1-15-26-27-22-21(25-18-10-4-5-11-19(18)28(15)22)24-13-6-2-3-12-20(29)16-8-7-9-17(23)14-16/h4-5,7-11,14H,2-3,6,12-13H2,1H3,(H,24,25). The molecule has 0 amide bonds. The number of Topliss-reactive ketones (excluding diaryl/α,β-unsaturated/α-hetero) is 1. The minimum atomic E-state index is 0.136. The molecular weight excluding hydrogens is 386 g/mol. The third kappa shape index (κ3) is 4.22. The van der Waals surface area contributed by atoms with Crippen LogP contribution in [0.25, 0.3) is 16.7 Å². The molecule has 1 N–H and O–H groups in total. The highest BCUT2D eigenvalue weighted by atomic mass is 35.5. The van der Waals surface area contributed by atoms with Crippen molar-refractivity contribution in [2.24, 2.45) is 0 Å². The quantitative estimate of drug-likeness (QED) is 0.325. The summed E-state index contributed by atoms with van der Waals surface area (Å²) in [5.74, 6) is 1.71. The van der Waals surface area contributed by atoms with Crippen molar-refractivity contribution in [1.29, 1.82) is 0 Å². The van der Waals surface area contributed by atoms with E-state index in [0.717, 1.165) is 54.1 Å². The zero-order chi connectivity index (χ0) is 20.2. The lowest BCUT2D eigenvalue weighted by atomic mass is 10.0. The summed E-state index contributed by atoms with van der Waals surface area (Å²) in [6, 6.07) is 15.1. The predicted molar refractivity (Wildman–Crippen MR) is 116 cm³/mol. The number of benzene rings is 2. The Bertz CT molecular complexity index is 1170. The van der Waals surface area contributed by atoms with E-state index in [-0.39, 0.29) is 5.78 Å². The van der Waals surface area contributed by atoms with Crippen LogP contribution >= 0.6 is 11.6 Å². The number of para-hydroxylation sites is 2. The number of fused-ring (bicyclic) bond motifs is 3. The average molecular weight is 408 g/mol. The maximum atomic E-state index is 12.2. The zero-order valence-electron chi connectivity index (χ0n) is 16.2. The Labute approximate surface area is 173 Å². The Morgan fingerprint density at radius 2 is 1.93 bits per heavy atom. The van der Waals surface area contributed by atoms with Gasteiger partial charge in [-0.05, 0) is 44.0 Å². The molecule has 148 valence electrons. The van der Waals surface area contributed by atoms with Crippen LogP contribution in [0.15, 0.2) is 48.5 Å². The van der Waals surface area contributed by atoms with E-state index in [1.54, 1.807) is 12.1 Å². The first-order valence-electron chi connectivity index (χ1n) is 9.76. The fourth-order valence-corrected chi connectivity index (χ4v) is 3.63. The van der Waals surface area contributed by atoms with Crippen molar-refractivity contribution < 1.29 is 4.79 Å². The number of halogens is 1. The van der Waals surface area contributed by atoms with E-state index < -0.39 is 0 Å². The molecule has 4 aromatic rings. The van der Waals surface area contributed by atoms with Crippen molar-refractivity contribution in [3.63, 3.8) is 0 Å². The number of hydrogen-bond acceptors (Lipinski definition) is 5. The Morgan fingerprint density at radius 1 is 1.07 bits per heavy atom. The number of aromatic nitrogens is 4. The van der Waals surface area contributed by atoms with E-state index in [0.29, 0.717) is 17.0 Å². The van der Waals surface area contributed by atoms with Gasteiger partial charge in [-0.2, -0.15) is 0 Å². The van der Waals surface area contributed by atoms with Crippen LogP contribution in [0, 0.1) is 6.92 Å². The monoisotopic (exact) mass is 407 g/mol. The first kappa shape index (κ1) is 19.3. The molecule has 0 radical (unpaired) electrons. The number of carbonyl (C=O) groups is 1. The second-order valence-electron chi connectivity index (χ2n) is 7.03. The maximum Gasteiger partial charge on any atom is 0.204 e. The molecular formula is C22H22ClN5O. The van der Waals surface area contributed by atoms with Crippen molar-refractivity contribution in [1.82, 2.24) is 19.6 Å². The Morgan fingerprint density at radius 3 is 2.79 bits per heavy atom. The van der Waals surface area contributed by atoms with Crippen molar-refractivity contribution in [3.05, 3.63) is 64.9 Å². The molecule has 4 rings (SSSR count). The highest BCUT2D eigenvalue weighted by Crippen LogP contribution is 2.21. The second-order valence-corrected chi connectivity index (χ2v) is 7.46. The summed E-state index contributed by atoms with van der Waals surface area (Å²) in [6.45, 7) is 2.70. The molecule has 0 aliphatic heterocycles. The molecule has 2 heterocycles. The normalized spacial score (nSPS) is 11.2. The number of anilines is 1. The third-order valence-electron chi connectivity index (χ3n) is 4.91. The first-order chi connectivity index (χ1) is 14.1. The fraction of sp³-hybridized carbons (Fsp3) is 0.273. The predicted octanol–water partition coefficient (Wildman–Crippen LogP) is 5.09. The first-order valence-corrected chi connectivity index (χ1v) is 10.1. The Kier molecular flexibility index (Phi) is 5.71. The van der Waals surface area contributed by atoms with Gasteiger partial charge in [0.25, 0.3) is 0 Å². The SMILES string of the molecule is Cc1nnc2c(NCCCCCC(=O)c3cccc(Cl)c3)nc3ccccc3n12. The van der Waals surface area contributed by atoms with Crippen LogP contribution in [0.1, 0.15) is 41.9 Å². The van der Waals surface area contributed by atoms with Gasteiger partial charge in [-0.15, -0.1) is 10.2 Å². The molecule has 29 heavy (non-hydrogen) atoms. The lowest BCUT2D eigenvalue weighted by molar-refractivity contribution is 0.0979. The second kappa shape index (κ2) is 8.57. The molecule has 0 unspecified atom stereocenters. The van der Waals surface area contributed by atoms with E-state index in [1.165, 1.54) is 0 Å². The molecule has 2 aromatic carbocycles. The van der Waals surface area contributed by atoms with E-state index in [4.69, 9.17) is 16.6 Å². The minimum Gasteiger partial charge on any atom is -0.367 e. The van der Waals surface area contributed by atoms with Gasteiger partial charge in [0.1, 0.15) is 5.82 Å². The van der Waals surface area contributed by atoms with Gasteiger partial charge in [0, 0.05) is 23.6 Å². The van der Waals surface area contributed by atoms with Crippen LogP contribution in [0.5, 0.6) is 0 Å². The Balaban J connectivity index is 1.33. The number of nitrogens with one attached hydrogen (secondary N) is 1. The van der Waals surface area contributed by atoms with Crippen molar-refractivity contribution in [2.75, 3.05) is 11.9 Å². The molecule has 0 spiro atoms. The van der Waals surface area contributed by atoms with E-state index in [1.807, 2.05) is 47.7 Å². The van der Waals surface area contributed by atoms with Crippen molar-refractivity contribution in [2.45, 2.75) is 32.6 Å². The number of carbonyl (C=O) groups excluding carboxylic acids is 1. The highest BCUT2D eigenvalue weighted by Gasteiger charge is 2.12. The summed E-state index contributed by atoms with van der Waals surface area (Å²) < 4.78 is 2.02. The molecule has 0 saturated heterocycles. The summed E-state index contributed by atoms with van der Waals surface area (Å²) in [6.07, 6.45) is 3.27. The molecule has 0 fully saturated rings. The largest absolute Gasteiger partial charge is 0.367 e. The van der Waals surface area contributed by atoms with Gasteiger partial charge in [0.15, 0.2) is 11.6 Å². The number of aryl methyl sites for hydroxylation is 1. The minimum absolute atomic E-state index is 0.136. The number of rotatable bonds is 8. The summed E-state index contributed by atoms with van der Waals surface area (Å²) >= 11 is 5.95. The smallest absolute Gasteiger partial charge is 0.204 e. The molecule has 0 atom stereocenters. The van der Waals surface area contributed by atoms with Crippen LogP contribution < -0.4 is 5.32 Å². The molecule has 2 aromatic heterocycles. The van der Waals surface area contributed by atoms with Crippen LogP contribution in [-0.2, 0) is 0 Å². The van der Waals surface area contributed by atoms with Gasteiger partial charge in [0.05, 0.1) is 11.0 Å². The van der Waals surface area contributed by atoms with E-state index in [2.05, 4.69) is 15.5 Å². The van der Waals surface area contributed by atoms with E-state index in [9.17, 15) is 4.79 Å². The molecule has 7 heteroatoms. The zero-order valence-corrected chi connectivity index (χ0v) is 17.0. The van der Waals surface area contributed by atoms with E-state index >= 15 is 0 Å². The number of hydrogen-bond donors (Lipinski definition) is 1. The molecule has 0 aliphatic carbocycles. The number of ketones is 1. The van der Waals surface area contributed by atoms with Gasteiger partial charge in [-0.3, -0.25) is 9.20 Å². The topological polar surface area (TPSA) is 72.2 Å². The summed E-state index contributed by atoms with van der Waals surface area (Å²) in [7, 11) is 0. The Hall–Kier alpha value is -2.99. The van der Waals surface area contributed by atoms with Gasteiger partial charge in [0.2, 0.25) is 5.65 Å². The maximum absolute atomic E-state index is 12.2. The van der Waals surface area contributed by atoms with Gasteiger partial charge in [-0.1, -0.05) is 42.3 Å². The van der Waals surface area contributed by atoms with Crippen LogP contribution in [-0.4, -0.2) is 31.9 Å². The van der Waals surface area contributed by atoms with Gasteiger partial charge in [-0.25, -0.2) is 4.98 Å². The number of nitrogens with zero attached hydrogens (tertiary/aromatic N) is 4. The van der Waals surface area contributed by atoms with Crippen LogP contribution in [0.3, 0.4) is 0 Å². The number of unbranched alkanes of at least 4 members (excludes halogenated alkanes) is 2. The molecule has 0 aliphatic rings. The molecule has 6 nitrogen and oxygen atoms in total. The molecule has 0 bridgehead atoms.